The van der Waals surface area contributed by atoms with Gasteiger partial charge in [-0.25, -0.2) is 4.79 Å². The molecule has 5 unspecified atom stereocenters. The molecule has 2 aliphatic heterocycles. The molecule has 0 aromatic heterocycles. The van der Waals surface area contributed by atoms with Crippen LogP contribution in [0.5, 0.6) is 0 Å². The van der Waals surface area contributed by atoms with Gasteiger partial charge in [-0.1, -0.05) is 0 Å². The molecular weight excluding hydrogens is 404 g/mol. The molecule has 0 radical (unpaired) electrons. The van der Waals surface area contributed by atoms with Gasteiger partial charge in [-0.3, -0.25) is 0 Å². The summed E-state index contributed by atoms with van der Waals surface area (Å²) in [7, 11) is 0. The van der Waals surface area contributed by atoms with E-state index in [9.17, 15) is 45.6 Å². The average Bonchev–Trinajstić information content (AvgIpc) is 2.69. The van der Waals surface area contributed by atoms with E-state index in [2.05, 4.69) is 0 Å². The number of aliphatic hydroxyl groups excluding tert-OH is 8. The van der Waals surface area contributed by atoms with Crippen molar-refractivity contribution >= 4 is 5.97 Å². The molecule has 0 aliphatic carbocycles. The van der Waals surface area contributed by atoms with Crippen molar-refractivity contribution in [2.45, 2.75) is 67.5 Å². The van der Waals surface area contributed by atoms with Gasteiger partial charge in [0.25, 0.3) is 0 Å². The van der Waals surface area contributed by atoms with Crippen LogP contribution in [0.3, 0.4) is 0 Å². The van der Waals surface area contributed by atoms with E-state index in [1.54, 1.807) is 0 Å². The number of aliphatic hydroxyl groups is 8. The van der Waals surface area contributed by atoms with Crippen LogP contribution in [0.15, 0.2) is 0 Å². The standard InChI is InChI=1S/C15H26O14/c16-1-5(8(19)10(21)13(24)25)28-15-12(23)9(20)6(3-27-15)29-14-11(22)7(18)4(17)2-26-14/h4-12,14-23H,1-3H2,(H,24,25)/t4-,5-,6-,7?,8?,9?,10?,11?,12-,14+,15+/m1/s1. The number of hydrogen-bond donors (Lipinski definition) is 9. The number of carboxylic acids is 1. The maximum atomic E-state index is 10.7. The van der Waals surface area contributed by atoms with E-state index in [0.717, 1.165) is 0 Å². The monoisotopic (exact) mass is 430 g/mol. The molecule has 2 aliphatic rings. The molecule has 0 saturated carbocycles. The molecule has 0 aromatic carbocycles. The van der Waals surface area contributed by atoms with Gasteiger partial charge in [-0.15, -0.1) is 0 Å². The second kappa shape index (κ2) is 10.3. The summed E-state index contributed by atoms with van der Waals surface area (Å²) in [5.41, 5.74) is 0. The zero-order chi connectivity index (χ0) is 21.9. The Morgan fingerprint density at radius 3 is 2.10 bits per heavy atom. The molecule has 0 amide bonds. The number of hydrogen-bond acceptors (Lipinski definition) is 13. The fourth-order valence-electron chi connectivity index (χ4n) is 2.83. The Labute approximate surface area is 164 Å². The molecule has 29 heavy (non-hydrogen) atoms. The summed E-state index contributed by atoms with van der Waals surface area (Å²) in [5.74, 6) is -1.77. The lowest BCUT2D eigenvalue weighted by Crippen LogP contribution is -2.60. The first-order valence-electron chi connectivity index (χ1n) is 8.72. The lowest BCUT2D eigenvalue weighted by Gasteiger charge is -2.42. The highest BCUT2D eigenvalue weighted by atomic mass is 16.7. The second-order valence-corrected chi connectivity index (χ2v) is 6.74. The summed E-state index contributed by atoms with van der Waals surface area (Å²) >= 11 is 0. The van der Waals surface area contributed by atoms with Crippen LogP contribution in [0.1, 0.15) is 0 Å². The predicted octanol–water partition coefficient (Wildman–Crippen LogP) is -5.93. The molecule has 170 valence electrons. The van der Waals surface area contributed by atoms with Crippen molar-refractivity contribution in [3.05, 3.63) is 0 Å². The topological polar surface area (TPSA) is 236 Å². The predicted molar refractivity (Wildman–Crippen MR) is 86.0 cm³/mol. The van der Waals surface area contributed by atoms with Crippen molar-refractivity contribution < 1.29 is 69.7 Å². The SMILES string of the molecule is O=C(O)C(O)C(O)[C@@H](CO)O[C@@H]1OC[C@@H](O[C@@H]2OC[C@@H](O)C(O)C2O)C(O)[C@H]1O. The van der Waals surface area contributed by atoms with Crippen LogP contribution in [-0.2, 0) is 23.7 Å². The third-order valence-electron chi connectivity index (χ3n) is 4.64. The van der Waals surface area contributed by atoms with Crippen molar-refractivity contribution in [2.24, 2.45) is 0 Å². The minimum absolute atomic E-state index is 0.344. The first-order chi connectivity index (χ1) is 13.6. The number of aliphatic carboxylic acids is 1. The Balaban J connectivity index is 1.94. The normalized spacial score (nSPS) is 41.5. The van der Waals surface area contributed by atoms with Gasteiger partial charge in [0.2, 0.25) is 0 Å². The van der Waals surface area contributed by atoms with Crippen molar-refractivity contribution in [2.75, 3.05) is 19.8 Å². The summed E-state index contributed by atoms with van der Waals surface area (Å²) in [4.78, 5) is 10.7. The minimum atomic E-state index is -2.28. The third kappa shape index (κ3) is 5.57. The molecule has 0 spiro atoms. The molecule has 11 atom stereocenters. The molecule has 9 N–H and O–H groups in total. The number of rotatable bonds is 8. The minimum Gasteiger partial charge on any atom is -0.479 e. The zero-order valence-electron chi connectivity index (χ0n) is 15.0. The summed E-state index contributed by atoms with van der Waals surface area (Å²) in [6.45, 7) is -1.71. The fourth-order valence-corrected chi connectivity index (χ4v) is 2.83. The van der Waals surface area contributed by atoms with Crippen LogP contribution in [0, 0.1) is 0 Å². The molecule has 2 rings (SSSR count). The maximum absolute atomic E-state index is 10.7. The average molecular weight is 430 g/mol. The Bertz CT molecular complexity index is 533. The van der Waals surface area contributed by atoms with Crippen LogP contribution in [0.25, 0.3) is 0 Å². The molecule has 2 heterocycles. The second-order valence-electron chi connectivity index (χ2n) is 6.74. The lowest BCUT2D eigenvalue weighted by molar-refractivity contribution is -0.336. The summed E-state index contributed by atoms with van der Waals surface area (Å²) < 4.78 is 20.6. The Kier molecular flexibility index (Phi) is 8.65. The van der Waals surface area contributed by atoms with Crippen molar-refractivity contribution in [1.82, 2.24) is 0 Å². The van der Waals surface area contributed by atoms with E-state index in [-0.39, 0.29) is 6.61 Å². The first kappa shape index (κ1) is 24.3. The van der Waals surface area contributed by atoms with Gasteiger partial charge in [0.1, 0.15) is 48.8 Å². The van der Waals surface area contributed by atoms with Crippen LogP contribution in [0.2, 0.25) is 0 Å². The Hall–Kier alpha value is -1.01. The first-order valence-corrected chi connectivity index (χ1v) is 8.72. The van der Waals surface area contributed by atoms with Crippen molar-refractivity contribution in [3.8, 4) is 0 Å². The zero-order valence-corrected chi connectivity index (χ0v) is 15.0. The molecule has 14 nitrogen and oxygen atoms in total. The smallest absolute Gasteiger partial charge is 0.335 e. The fraction of sp³-hybridized carbons (Fsp3) is 0.933. The van der Waals surface area contributed by atoms with Crippen LogP contribution in [0.4, 0.5) is 0 Å². The van der Waals surface area contributed by atoms with Crippen molar-refractivity contribution in [1.29, 1.82) is 0 Å². The van der Waals surface area contributed by atoms with Gasteiger partial charge in [0.15, 0.2) is 18.7 Å². The van der Waals surface area contributed by atoms with Crippen LogP contribution < -0.4 is 0 Å². The van der Waals surface area contributed by atoms with Crippen LogP contribution >= 0.6 is 0 Å². The molecule has 2 fully saturated rings. The summed E-state index contributed by atoms with van der Waals surface area (Å²) in [6.07, 6.45) is -18.3. The van der Waals surface area contributed by atoms with E-state index in [0.29, 0.717) is 0 Å². The van der Waals surface area contributed by atoms with E-state index < -0.39 is 86.7 Å². The highest BCUT2D eigenvalue weighted by Crippen LogP contribution is 2.25. The Morgan fingerprint density at radius 1 is 0.931 bits per heavy atom. The summed E-state index contributed by atoms with van der Waals surface area (Å²) in [6, 6.07) is 0. The lowest BCUT2D eigenvalue weighted by atomic mass is 10.0. The maximum Gasteiger partial charge on any atom is 0.335 e. The molecule has 2 saturated heterocycles. The van der Waals surface area contributed by atoms with E-state index in [4.69, 9.17) is 24.1 Å². The van der Waals surface area contributed by atoms with Gasteiger partial charge >= 0.3 is 5.97 Å². The van der Waals surface area contributed by atoms with Gasteiger partial charge in [-0.2, -0.15) is 0 Å². The highest BCUT2D eigenvalue weighted by Gasteiger charge is 2.46. The van der Waals surface area contributed by atoms with Gasteiger partial charge in [0, 0.05) is 0 Å². The number of carbonyl (C=O) groups is 1. The Morgan fingerprint density at radius 2 is 1.52 bits per heavy atom. The van der Waals surface area contributed by atoms with Crippen LogP contribution in [-0.4, -0.2) is 139 Å². The van der Waals surface area contributed by atoms with Gasteiger partial charge < -0.3 is 64.9 Å². The highest BCUT2D eigenvalue weighted by molar-refractivity contribution is 5.72. The van der Waals surface area contributed by atoms with E-state index in [1.165, 1.54) is 0 Å². The van der Waals surface area contributed by atoms with Gasteiger partial charge in [0.05, 0.1) is 19.8 Å². The number of carboxylic acid groups (broad SMARTS) is 1. The largest absolute Gasteiger partial charge is 0.479 e. The molecule has 0 bridgehead atoms. The molecule has 14 heteroatoms. The van der Waals surface area contributed by atoms with E-state index >= 15 is 0 Å². The number of ether oxygens (including phenoxy) is 4. The van der Waals surface area contributed by atoms with E-state index in [1.807, 2.05) is 0 Å². The molecular formula is C15H26O14. The molecule has 0 aromatic rings. The van der Waals surface area contributed by atoms with Gasteiger partial charge in [-0.05, 0) is 0 Å². The quantitative estimate of drug-likeness (QED) is 0.174. The van der Waals surface area contributed by atoms with Crippen molar-refractivity contribution in [3.63, 3.8) is 0 Å². The third-order valence-corrected chi connectivity index (χ3v) is 4.64. The summed E-state index contributed by atoms with van der Waals surface area (Å²) in [5, 5.41) is 86.3.